The zero-order valence-electron chi connectivity index (χ0n) is 14.3. The van der Waals surface area contributed by atoms with Crippen molar-refractivity contribution in [2.24, 2.45) is 5.92 Å². The van der Waals surface area contributed by atoms with Crippen molar-refractivity contribution in [2.75, 3.05) is 0 Å². The minimum atomic E-state index is -0.668. The summed E-state index contributed by atoms with van der Waals surface area (Å²) >= 11 is 0. The van der Waals surface area contributed by atoms with Gasteiger partial charge in [-0.15, -0.1) is 12.4 Å². The van der Waals surface area contributed by atoms with E-state index in [0.717, 1.165) is 18.4 Å². The van der Waals surface area contributed by atoms with Crippen molar-refractivity contribution in [1.29, 1.82) is 0 Å². The number of nitrogens with zero attached hydrogens (tertiary/aromatic N) is 1. The van der Waals surface area contributed by atoms with Crippen LogP contribution in [-0.2, 0) is 11.4 Å². The van der Waals surface area contributed by atoms with E-state index >= 15 is 0 Å². The molecule has 0 amide bonds. The number of benzene rings is 1. The highest BCUT2D eigenvalue weighted by Crippen LogP contribution is 2.36. The Morgan fingerprint density at radius 3 is 2.16 bits per heavy atom. The number of halogens is 1. The van der Waals surface area contributed by atoms with Crippen LogP contribution in [0.4, 0.5) is 0 Å². The first-order chi connectivity index (χ1) is 11.7. The normalized spacial score (nSPS) is 15.2. The van der Waals surface area contributed by atoms with E-state index in [2.05, 4.69) is 4.98 Å². The first kappa shape index (κ1) is 21.1. The van der Waals surface area contributed by atoms with E-state index < -0.39 is 5.97 Å². The molecule has 4 nitrogen and oxygen atoms in total. The molecule has 25 heavy (non-hydrogen) atoms. The predicted molar refractivity (Wildman–Crippen MR) is 101 cm³/mol. The highest BCUT2D eigenvalue weighted by molar-refractivity contribution is 5.85. The van der Waals surface area contributed by atoms with E-state index in [1.807, 2.05) is 42.5 Å². The molecule has 1 unspecified atom stereocenters. The first-order valence-corrected chi connectivity index (χ1v) is 8.51. The van der Waals surface area contributed by atoms with Crippen LogP contribution in [0.25, 0.3) is 0 Å². The fraction of sp³-hybridized carbons (Fsp3) is 0.400. The van der Waals surface area contributed by atoms with E-state index in [9.17, 15) is 9.90 Å². The number of hydrogen-bond acceptors (Lipinski definition) is 3. The van der Waals surface area contributed by atoms with Crippen molar-refractivity contribution in [2.45, 2.75) is 44.6 Å². The minimum Gasteiger partial charge on any atom is -0.481 e. The molecule has 1 fully saturated rings. The molecular formula is C20H26ClNO3. The van der Waals surface area contributed by atoms with Crippen LogP contribution in [0.15, 0.2) is 54.7 Å². The molecule has 1 heterocycles. The molecule has 0 saturated heterocycles. The van der Waals surface area contributed by atoms with Gasteiger partial charge in [0.05, 0.1) is 18.2 Å². The molecule has 1 aromatic carbocycles. The molecule has 1 atom stereocenters. The number of carbonyl (C=O) groups is 1. The Balaban J connectivity index is 0.000000295. The molecule has 0 aliphatic heterocycles. The van der Waals surface area contributed by atoms with Gasteiger partial charge < -0.3 is 10.2 Å². The van der Waals surface area contributed by atoms with Crippen LogP contribution in [0.3, 0.4) is 0 Å². The van der Waals surface area contributed by atoms with Crippen LogP contribution in [-0.4, -0.2) is 21.2 Å². The Kier molecular flexibility index (Phi) is 9.81. The highest BCUT2D eigenvalue weighted by Gasteiger charge is 2.30. The summed E-state index contributed by atoms with van der Waals surface area (Å²) in [7, 11) is 0. The van der Waals surface area contributed by atoms with E-state index in [0.29, 0.717) is 11.6 Å². The van der Waals surface area contributed by atoms with E-state index in [-0.39, 0.29) is 24.9 Å². The first-order valence-electron chi connectivity index (χ1n) is 8.51. The summed E-state index contributed by atoms with van der Waals surface area (Å²) in [6.45, 7) is 0.0286. The average molecular weight is 364 g/mol. The molecule has 0 bridgehead atoms. The Morgan fingerprint density at radius 2 is 1.68 bits per heavy atom. The van der Waals surface area contributed by atoms with Gasteiger partial charge in [-0.3, -0.25) is 9.78 Å². The molecule has 5 heteroatoms. The van der Waals surface area contributed by atoms with Crippen molar-refractivity contribution in [1.82, 2.24) is 4.98 Å². The SMILES string of the molecule is Cl.O=C(O)C(c1ccccc1)C1CCCCC1.OCc1ccccn1. The molecule has 2 N–H and O–H groups in total. The summed E-state index contributed by atoms with van der Waals surface area (Å²) < 4.78 is 0. The number of hydrogen-bond donors (Lipinski definition) is 2. The lowest BCUT2D eigenvalue weighted by molar-refractivity contribution is -0.140. The maximum atomic E-state index is 11.4. The number of aliphatic carboxylic acids is 1. The number of carboxylic acids is 1. The second kappa shape index (κ2) is 11.6. The molecule has 2 aromatic rings. The Morgan fingerprint density at radius 1 is 1.04 bits per heavy atom. The van der Waals surface area contributed by atoms with Gasteiger partial charge in [0.25, 0.3) is 0 Å². The zero-order valence-corrected chi connectivity index (χ0v) is 15.1. The largest absolute Gasteiger partial charge is 0.481 e. The third kappa shape index (κ3) is 6.85. The second-order valence-electron chi connectivity index (χ2n) is 6.10. The van der Waals surface area contributed by atoms with Gasteiger partial charge in [0.2, 0.25) is 0 Å². The van der Waals surface area contributed by atoms with E-state index in [4.69, 9.17) is 5.11 Å². The van der Waals surface area contributed by atoms with Crippen molar-refractivity contribution < 1.29 is 15.0 Å². The topological polar surface area (TPSA) is 70.4 Å². The van der Waals surface area contributed by atoms with Crippen LogP contribution >= 0.6 is 12.4 Å². The molecule has 1 aliphatic carbocycles. The number of pyridine rings is 1. The quantitative estimate of drug-likeness (QED) is 0.842. The monoisotopic (exact) mass is 363 g/mol. The van der Waals surface area contributed by atoms with Gasteiger partial charge in [-0.1, -0.05) is 55.7 Å². The molecule has 1 saturated carbocycles. The summed E-state index contributed by atoms with van der Waals surface area (Å²) in [4.78, 5) is 15.2. The average Bonchev–Trinajstić information content (AvgIpc) is 2.64. The Hall–Kier alpha value is -1.91. The molecule has 136 valence electrons. The number of carboxylic acid groups (broad SMARTS) is 1. The lowest BCUT2D eigenvalue weighted by Gasteiger charge is -2.27. The molecule has 3 rings (SSSR count). The molecule has 1 aromatic heterocycles. The van der Waals surface area contributed by atoms with Gasteiger partial charge in [-0.05, 0) is 36.5 Å². The molecule has 0 radical (unpaired) electrons. The Labute approximate surface area is 155 Å². The predicted octanol–water partition coefficient (Wildman–Crippen LogP) is 4.43. The molecule has 0 spiro atoms. The lowest BCUT2D eigenvalue weighted by atomic mass is 9.77. The van der Waals surface area contributed by atoms with Gasteiger partial charge >= 0.3 is 5.97 Å². The zero-order chi connectivity index (χ0) is 17.2. The summed E-state index contributed by atoms with van der Waals surface area (Å²) in [5.74, 6) is -0.645. The van der Waals surface area contributed by atoms with Crippen LogP contribution in [0.2, 0.25) is 0 Å². The molecule has 1 aliphatic rings. The summed E-state index contributed by atoms with van der Waals surface area (Å²) in [6, 6.07) is 15.1. The third-order valence-corrected chi connectivity index (χ3v) is 4.43. The second-order valence-corrected chi connectivity index (χ2v) is 6.10. The smallest absolute Gasteiger partial charge is 0.311 e. The van der Waals surface area contributed by atoms with Crippen molar-refractivity contribution in [3.05, 3.63) is 66.0 Å². The minimum absolute atomic E-state index is 0. The van der Waals surface area contributed by atoms with Crippen LogP contribution in [0.5, 0.6) is 0 Å². The van der Waals surface area contributed by atoms with Gasteiger partial charge in [-0.2, -0.15) is 0 Å². The van der Waals surface area contributed by atoms with Gasteiger partial charge in [0.15, 0.2) is 0 Å². The van der Waals surface area contributed by atoms with Crippen molar-refractivity contribution >= 4 is 18.4 Å². The fourth-order valence-electron chi connectivity index (χ4n) is 3.24. The number of aromatic nitrogens is 1. The van der Waals surface area contributed by atoms with Crippen molar-refractivity contribution in [3.8, 4) is 0 Å². The summed E-state index contributed by atoms with van der Waals surface area (Å²) in [5, 5.41) is 17.9. The fourth-order valence-corrected chi connectivity index (χ4v) is 3.24. The van der Waals surface area contributed by atoms with Gasteiger partial charge in [0.1, 0.15) is 0 Å². The molecular weight excluding hydrogens is 338 g/mol. The maximum Gasteiger partial charge on any atom is 0.311 e. The highest BCUT2D eigenvalue weighted by atomic mass is 35.5. The number of aliphatic hydroxyl groups is 1. The number of rotatable bonds is 4. The van der Waals surface area contributed by atoms with E-state index in [1.54, 1.807) is 12.3 Å². The summed E-state index contributed by atoms with van der Waals surface area (Å²) in [6.07, 6.45) is 7.41. The summed E-state index contributed by atoms with van der Waals surface area (Å²) in [5.41, 5.74) is 1.68. The standard InChI is InChI=1S/C14H18O2.C6H7NO.ClH/c15-14(16)13(11-7-3-1-4-8-11)12-9-5-2-6-10-12;8-5-6-3-1-2-4-7-6;/h1,3-4,7-8,12-13H,2,5-6,9-10H2,(H,15,16);1-4,8H,5H2;1H. The van der Waals surface area contributed by atoms with E-state index in [1.165, 1.54) is 19.3 Å². The van der Waals surface area contributed by atoms with Crippen LogP contribution < -0.4 is 0 Å². The van der Waals surface area contributed by atoms with Gasteiger partial charge in [0, 0.05) is 6.20 Å². The van der Waals surface area contributed by atoms with Crippen molar-refractivity contribution in [3.63, 3.8) is 0 Å². The van der Waals surface area contributed by atoms with Crippen LogP contribution in [0.1, 0.15) is 49.3 Å². The van der Waals surface area contributed by atoms with Gasteiger partial charge in [-0.25, -0.2) is 0 Å². The Bertz CT molecular complexity index is 601. The third-order valence-electron chi connectivity index (χ3n) is 4.43. The van der Waals surface area contributed by atoms with Crippen LogP contribution in [0, 0.1) is 5.92 Å². The number of aliphatic hydroxyl groups excluding tert-OH is 1. The lowest BCUT2D eigenvalue weighted by Crippen LogP contribution is -2.23. The maximum absolute atomic E-state index is 11.4.